The molecule has 0 atom stereocenters. The fraction of sp³-hybridized carbons (Fsp3) is 0. The first-order chi connectivity index (χ1) is 1.00. The first kappa shape index (κ1) is 16.7. The van der Waals surface area contributed by atoms with Gasteiger partial charge in [0.15, 0.2) is 0 Å². The Hall–Kier alpha value is 1.98. The summed E-state index contributed by atoms with van der Waals surface area (Å²) in [5, 5.41) is 0. The van der Waals surface area contributed by atoms with Crippen molar-refractivity contribution in [2.75, 3.05) is 0 Å². The van der Waals surface area contributed by atoms with E-state index in [-0.39, 0.29) is 65.2 Å². The van der Waals surface area contributed by atoms with Gasteiger partial charge in [-0.1, -0.05) is 0 Å². The second-order valence-electron chi connectivity index (χ2n) is 0. The Morgan fingerprint density at radius 3 is 1.25 bits per heavy atom. The zero-order chi connectivity index (χ0) is 2.00. The minimum atomic E-state index is -0.1000. The molecule has 0 rings (SSSR count). The van der Waals surface area contributed by atoms with Gasteiger partial charge in [-0.25, -0.2) is 0 Å². The number of hydrogen-bond donors (Lipinski definition) is 0. The second-order valence-corrected chi connectivity index (χ2v) is 0. The number of rotatable bonds is 0. The topological polar surface area (TPSA) is 17.1 Å². The van der Waals surface area contributed by atoms with E-state index in [1.165, 1.54) is 0 Å². The summed E-state index contributed by atoms with van der Waals surface area (Å²) in [6.45, 7) is 0. The molecule has 1 nitrogen and oxygen atoms in total. The van der Waals surface area contributed by atoms with E-state index in [1.54, 1.807) is 0 Å². The zero-order valence-electron chi connectivity index (χ0n) is 1.72. The third-order valence-electron chi connectivity index (χ3n) is 0. The Labute approximate surface area is 67.1 Å². The summed E-state index contributed by atoms with van der Waals surface area (Å²) in [7, 11) is 0. The number of hydrogen-bond acceptors (Lipinski definition) is 1. The molecule has 0 bridgehead atoms. The molecular formula is AgCdCuO. The Bertz CT molecular complexity index is 8.00. The van der Waals surface area contributed by atoms with Crippen LogP contribution in [0.4, 0.5) is 0 Å². The Balaban J connectivity index is -0.00000000500. The van der Waals surface area contributed by atoms with Gasteiger partial charge in [0.05, 0.1) is 0 Å². The van der Waals surface area contributed by atoms with E-state index in [0.29, 0.717) is 0 Å². The zero-order valence-corrected chi connectivity index (χ0v) is 8.18. The van der Waals surface area contributed by atoms with Crippen LogP contribution in [0, 0.1) is 0 Å². The van der Waals surface area contributed by atoms with Crippen molar-refractivity contribution >= 4 is 0 Å². The predicted octanol–water partition coefficient (Wildman–Crippen LogP) is -0.126. The molecular weight excluding hydrogens is 300 g/mol. The average molecular weight is 300 g/mol. The standard InChI is InChI=1S/Ag.Cd.Cu.O. The summed E-state index contributed by atoms with van der Waals surface area (Å²) in [4.78, 5) is 0. The van der Waals surface area contributed by atoms with Crippen LogP contribution in [0.1, 0.15) is 0 Å². The molecule has 0 heterocycles. The quantitative estimate of drug-likeness (QED) is 0.570. The van der Waals surface area contributed by atoms with Crippen molar-refractivity contribution in [3.05, 3.63) is 0 Å². The van der Waals surface area contributed by atoms with Crippen LogP contribution in [-0.4, -0.2) is 0 Å². The van der Waals surface area contributed by atoms with Crippen LogP contribution < -0.4 is 0 Å². The van der Waals surface area contributed by atoms with Crippen molar-refractivity contribution in [1.82, 2.24) is 0 Å². The molecule has 0 saturated heterocycles. The molecule has 0 aliphatic heterocycles. The van der Waals surface area contributed by atoms with Gasteiger partial charge in [0.1, 0.15) is 0 Å². The van der Waals surface area contributed by atoms with Crippen molar-refractivity contribution < 1.29 is 67.9 Å². The summed E-state index contributed by atoms with van der Waals surface area (Å²) >= 11 is -0.1000. The molecule has 0 aromatic heterocycles. The molecule has 4 heavy (non-hydrogen) atoms. The van der Waals surface area contributed by atoms with E-state index in [4.69, 9.17) is 2.69 Å². The Morgan fingerprint density at radius 2 is 1.25 bits per heavy atom. The fourth-order valence-electron chi connectivity index (χ4n) is 0. The maximum absolute atomic E-state index is 8.42. The predicted molar refractivity (Wildman–Crippen MR) is 0.686 cm³/mol. The molecule has 0 fully saturated rings. The minimum absolute atomic E-state index is 0. The van der Waals surface area contributed by atoms with Gasteiger partial charge in [0.25, 0.3) is 0 Å². The molecule has 0 spiro atoms. The van der Waals surface area contributed by atoms with E-state index < -0.39 is 0 Å². The van der Waals surface area contributed by atoms with Gasteiger partial charge in [-0.3, -0.25) is 0 Å². The third-order valence-corrected chi connectivity index (χ3v) is 0. The van der Waals surface area contributed by atoms with Crippen LogP contribution in [0.15, 0.2) is 0 Å². The second kappa shape index (κ2) is 20.1. The summed E-state index contributed by atoms with van der Waals surface area (Å²) in [5.74, 6) is 0. The van der Waals surface area contributed by atoms with Crippen molar-refractivity contribution in [2.45, 2.75) is 0 Å². The monoisotopic (exact) mass is 300 g/mol. The fourth-order valence-corrected chi connectivity index (χ4v) is 0. The molecule has 0 N–H and O–H groups in total. The van der Waals surface area contributed by atoms with Crippen molar-refractivity contribution in [2.24, 2.45) is 0 Å². The van der Waals surface area contributed by atoms with Crippen LogP contribution >= 0.6 is 0 Å². The molecule has 0 aromatic rings. The van der Waals surface area contributed by atoms with Gasteiger partial charge in [-0.05, 0) is 0 Å². The van der Waals surface area contributed by atoms with Gasteiger partial charge in [-0.2, -0.15) is 0 Å². The van der Waals surface area contributed by atoms with Crippen molar-refractivity contribution in [3.8, 4) is 0 Å². The summed E-state index contributed by atoms with van der Waals surface area (Å²) in [5.41, 5.74) is 0. The van der Waals surface area contributed by atoms with Crippen LogP contribution in [0.2, 0.25) is 0 Å². The summed E-state index contributed by atoms with van der Waals surface area (Å²) in [6, 6.07) is 0. The van der Waals surface area contributed by atoms with Crippen molar-refractivity contribution in [3.63, 3.8) is 0 Å². The van der Waals surface area contributed by atoms with E-state index in [9.17, 15) is 0 Å². The van der Waals surface area contributed by atoms with Gasteiger partial charge < -0.3 is 0 Å². The van der Waals surface area contributed by atoms with E-state index in [2.05, 4.69) is 0 Å². The Morgan fingerprint density at radius 1 is 1.25 bits per heavy atom. The van der Waals surface area contributed by atoms with E-state index in [0.717, 1.165) is 0 Å². The molecule has 0 amide bonds. The van der Waals surface area contributed by atoms with Gasteiger partial charge in [-0.15, -0.1) is 0 Å². The van der Waals surface area contributed by atoms with Gasteiger partial charge in [0.2, 0.25) is 0 Å². The molecule has 2 radical (unpaired) electrons. The maximum atomic E-state index is 8.42. The first-order valence-corrected chi connectivity index (χ1v) is 1.94. The summed E-state index contributed by atoms with van der Waals surface area (Å²) in [6.07, 6.45) is 0. The summed E-state index contributed by atoms with van der Waals surface area (Å²) < 4.78 is 8.42. The van der Waals surface area contributed by atoms with Gasteiger partial charge in [0, 0.05) is 39.4 Å². The molecule has 4 heteroatoms. The van der Waals surface area contributed by atoms with Crippen LogP contribution in [0.25, 0.3) is 0 Å². The average Bonchev–Trinajstić information content (AvgIpc) is 1.00. The molecule has 0 aliphatic rings. The van der Waals surface area contributed by atoms with Crippen LogP contribution in [-0.2, 0) is 67.9 Å². The van der Waals surface area contributed by atoms with Crippen LogP contribution in [0.3, 0.4) is 0 Å². The normalized spacial score (nSPS) is 1.50. The van der Waals surface area contributed by atoms with Crippen molar-refractivity contribution in [1.29, 1.82) is 0 Å². The van der Waals surface area contributed by atoms with E-state index in [1.807, 2.05) is 0 Å². The first-order valence-electron chi connectivity index (χ1n) is 0.289. The molecule has 0 aromatic carbocycles. The Kier molecular flexibility index (Phi) is 83.9. The van der Waals surface area contributed by atoms with Crippen LogP contribution in [0.5, 0.6) is 0 Å². The van der Waals surface area contributed by atoms with E-state index >= 15 is 0 Å². The molecule has 0 unspecified atom stereocenters. The molecule has 0 saturated carbocycles. The van der Waals surface area contributed by atoms with Gasteiger partial charge >= 0.3 is 28.5 Å². The molecule has 0 aliphatic carbocycles. The third kappa shape index (κ3) is 9.01. The molecule has 30 valence electrons. The SMILES string of the molecule is [Ag].[Cu].[O]=[Cd].